The highest BCUT2D eigenvalue weighted by atomic mass is 35.5. The van der Waals surface area contributed by atoms with E-state index in [-0.39, 0.29) is 35.2 Å². The molecule has 3 aromatic rings. The molecule has 0 radical (unpaired) electrons. The van der Waals surface area contributed by atoms with Crippen LogP contribution in [-0.2, 0) is 6.42 Å². The maximum absolute atomic E-state index is 13.1. The number of hydrogen-bond acceptors (Lipinski definition) is 3. The third-order valence-corrected chi connectivity index (χ3v) is 5.51. The van der Waals surface area contributed by atoms with Crippen LogP contribution in [0.2, 0.25) is 5.02 Å². The van der Waals surface area contributed by atoms with Crippen molar-refractivity contribution in [1.82, 2.24) is 9.78 Å². The first-order valence-electron chi connectivity index (χ1n) is 9.42. The number of phenolic OH excluding ortho intramolecular Hbond substituents is 1. The molecule has 0 aliphatic carbocycles. The van der Waals surface area contributed by atoms with E-state index >= 15 is 0 Å². The molecule has 1 fully saturated rings. The van der Waals surface area contributed by atoms with Gasteiger partial charge in [-0.1, -0.05) is 23.7 Å². The van der Waals surface area contributed by atoms with Crippen molar-refractivity contribution in [3.63, 3.8) is 0 Å². The Morgan fingerprint density at radius 1 is 1.10 bits per heavy atom. The summed E-state index contributed by atoms with van der Waals surface area (Å²) in [5.74, 6) is 0.142. The van der Waals surface area contributed by atoms with Gasteiger partial charge in [0, 0.05) is 23.3 Å². The Hall–Kier alpha value is -2.12. The molecule has 6 nitrogen and oxygen atoms in total. The van der Waals surface area contributed by atoms with Gasteiger partial charge in [-0.3, -0.25) is 4.79 Å². The van der Waals surface area contributed by atoms with Crippen LogP contribution in [0.4, 0.5) is 0 Å². The first-order valence-corrected chi connectivity index (χ1v) is 9.80. The summed E-state index contributed by atoms with van der Waals surface area (Å²) in [5.41, 5.74) is 1.80. The molecule has 4 rings (SSSR count). The van der Waals surface area contributed by atoms with Gasteiger partial charge in [0.1, 0.15) is 5.75 Å². The molecule has 0 spiro atoms. The van der Waals surface area contributed by atoms with E-state index in [1.807, 2.05) is 24.3 Å². The van der Waals surface area contributed by atoms with Gasteiger partial charge < -0.3 is 28.3 Å². The molecule has 1 saturated heterocycles. The molecule has 8 heteroatoms. The second kappa shape index (κ2) is 10.1. The highest BCUT2D eigenvalue weighted by Crippen LogP contribution is 2.24. The molecule has 156 valence electrons. The van der Waals surface area contributed by atoms with E-state index in [0.29, 0.717) is 22.2 Å². The van der Waals surface area contributed by atoms with Crippen LogP contribution in [0.5, 0.6) is 5.75 Å². The molecule has 1 aromatic heterocycles. The van der Waals surface area contributed by atoms with Crippen LogP contribution in [0.25, 0.3) is 10.8 Å². The van der Waals surface area contributed by atoms with Gasteiger partial charge in [0.25, 0.3) is 5.56 Å². The van der Waals surface area contributed by atoms with Gasteiger partial charge >= 0.3 is 0 Å². The number of benzene rings is 2. The maximum atomic E-state index is 13.1. The molecule has 0 amide bonds. The third-order valence-electron chi connectivity index (χ3n) is 5.26. The summed E-state index contributed by atoms with van der Waals surface area (Å²) < 4.78 is 1.68. The molecule has 2 heterocycles. The summed E-state index contributed by atoms with van der Waals surface area (Å²) in [4.78, 5) is 13.1. The van der Waals surface area contributed by atoms with E-state index in [1.165, 1.54) is 0 Å². The molecule has 2 aromatic carbocycles. The number of fused-ring (bicyclic) bond motifs is 1. The smallest absolute Gasteiger partial charge is 0.274 e. The first kappa shape index (κ1) is 23.2. The normalized spacial score (nSPS) is 16.5. The average molecular weight is 438 g/mol. The Morgan fingerprint density at radius 2 is 1.86 bits per heavy atom. The average Bonchev–Trinajstić information content (AvgIpc) is 2.95. The zero-order valence-electron chi connectivity index (χ0n) is 15.9. The van der Waals surface area contributed by atoms with E-state index in [4.69, 9.17) is 16.7 Å². The lowest BCUT2D eigenvalue weighted by molar-refractivity contribution is -0.653. The Bertz CT molecular complexity index is 1010. The second-order valence-electron chi connectivity index (χ2n) is 7.18. The highest BCUT2D eigenvalue weighted by Gasteiger charge is 2.21. The largest absolute Gasteiger partial charge is 1.00 e. The van der Waals surface area contributed by atoms with Crippen LogP contribution in [0.15, 0.2) is 47.3 Å². The molecule has 29 heavy (non-hydrogen) atoms. The Morgan fingerprint density at radius 3 is 2.62 bits per heavy atom. The Balaban J connectivity index is 0.00000150. The number of halogens is 2. The minimum atomic E-state index is -0.0724. The predicted octanol–water partition coefficient (Wildman–Crippen LogP) is -1.19. The zero-order chi connectivity index (χ0) is 18.8. The molecule has 1 aliphatic rings. The van der Waals surface area contributed by atoms with E-state index in [9.17, 15) is 9.90 Å². The highest BCUT2D eigenvalue weighted by molar-refractivity contribution is 6.30. The van der Waals surface area contributed by atoms with E-state index in [0.717, 1.165) is 43.6 Å². The summed E-state index contributed by atoms with van der Waals surface area (Å²) in [5, 5.41) is 19.0. The number of hydrogen-bond donors (Lipinski definition) is 2. The molecule has 5 N–H and O–H groups in total. The van der Waals surface area contributed by atoms with Crippen molar-refractivity contribution in [2.45, 2.75) is 31.7 Å². The molecular formula is C21H25Cl2N3O3. The number of phenols is 1. The van der Waals surface area contributed by atoms with Crippen molar-refractivity contribution in [3.05, 3.63) is 69.1 Å². The number of aromatic hydroxyl groups is 1. The van der Waals surface area contributed by atoms with E-state index in [2.05, 4.69) is 5.32 Å². The van der Waals surface area contributed by atoms with Gasteiger partial charge in [-0.15, -0.1) is 0 Å². The van der Waals surface area contributed by atoms with Crippen LogP contribution < -0.4 is 23.3 Å². The van der Waals surface area contributed by atoms with Gasteiger partial charge in [0.05, 0.1) is 30.2 Å². The Kier molecular flexibility index (Phi) is 8.05. The third kappa shape index (κ3) is 5.08. The van der Waals surface area contributed by atoms with Crippen LogP contribution in [0.3, 0.4) is 0 Å². The van der Waals surface area contributed by atoms with Gasteiger partial charge in [-0.25, -0.2) is 4.68 Å². The molecular weight excluding hydrogens is 413 g/mol. The maximum Gasteiger partial charge on any atom is 0.274 e. The first-order chi connectivity index (χ1) is 13.1. The van der Waals surface area contributed by atoms with Crippen molar-refractivity contribution in [2.75, 3.05) is 13.1 Å². The van der Waals surface area contributed by atoms with Crippen LogP contribution >= 0.6 is 11.6 Å². The SMILES string of the molecule is O.O=c1c2ccc(O)cc2c(Cc2ccc(Cl)cc2)nn1C1CCC[NH2+]CC1.[Cl-]. The van der Waals surface area contributed by atoms with Crippen molar-refractivity contribution < 1.29 is 28.3 Å². The molecule has 1 unspecified atom stereocenters. The van der Waals surface area contributed by atoms with Gasteiger partial charge in [0.15, 0.2) is 0 Å². The fourth-order valence-corrected chi connectivity index (χ4v) is 3.95. The summed E-state index contributed by atoms with van der Waals surface area (Å²) >= 11 is 6.00. The lowest BCUT2D eigenvalue weighted by atomic mass is 10.0. The number of rotatable bonds is 3. The van der Waals surface area contributed by atoms with Gasteiger partial charge in [-0.05, 0) is 48.7 Å². The van der Waals surface area contributed by atoms with E-state index < -0.39 is 0 Å². The van der Waals surface area contributed by atoms with Crippen LogP contribution in [-0.4, -0.2) is 33.5 Å². The summed E-state index contributed by atoms with van der Waals surface area (Å²) in [7, 11) is 0. The van der Waals surface area contributed by atoms with Crippen LogP contribution in [0.1, 0.15) is 36.6 Å². The molecule has 0 saturated carbocycles. The van der Waals surface area contributed by atoms with Crippen molar-refractivity contribution in [3.8, 4) is 5.75 Å². The predicted molar refractivity (Wildman–Crippen MR) is 110 cm³/mol. The summed E-state index contributed by atoms with van der Waals surface area (Å²) in [6.45, 7) is 2.11. The van der Waals surface area contributed by atoms with Crippen molar-refractivity contribution in [1.29, 1.82) is 0 Å². The van der Waals surface area contributed by atoms with Crippen LogP contribution in [0, 0.1) is 0 Å². The standard InChI is InChI=1S/C21H22ClN3O2.ClH.H2O/c22-15-5-3-14(4-6-15)12-20-19-13-17(26)7-8-18(19)21(27)25(24-20)16-2-1-10-23-11-9-16;;/h3-8,13,16,23,26H,1-2,9-12H2;1H;1H2. The minimum absolute atomic E-state index is 0. The quantitative estimate of drug-likeness (QED) is 0.538. The summed E-state index contributed by atoms with van der Waals surface area (Å²) in [6.07, 6.45) is 3.57. The number of nitrogens with two attached hydrogens (primary N) is 1. The zero-order valence-corrected chi connectivity index (χ0v) is 17.5. The number of quaternary nitrogens is 1. The second-order valence-corrected chi connectivity index (χ2v) is 7.62. The molecule has 1 aliphatic heterocycles. The lowest BCUT2D eigenvalue weighted by Gasteiger charge is -2.18. The minimum Gasteiger partial charge on any atom is -1.00 e. The van der Waals surface area contributed by atoms with Crippen molar-refractivity contribution in [2.24, 2.45) is 0 Å². The number of aromatic nitrogens is 2. The number of nitrogens with zero attached hydrogens (tertiary/aromatic N) is 2. The van der Waals surface area contributed by atoms with Gasteiger partial charge in [-0.2, -0.15) is 5.10 Å². The van der Waals surface area contributed by atoms with Crippen molar-refractivity contribution >= 4 is 22.4 Å². The lowest BCUT2D eigenvalue weighted by Crippen LogP contribution is -3.00. The Labute approximate surface area is 180 Å². The summed E-state index contributed by atoms with van der Waals surface area (Å²) in [6, 6.07) is 12.7. The molecule has 0 bridgehead atoms. The fraction of sp³-hybridized carbons (Fsp3) is 0.333. The monoisotopic (exact) mass is 437 g/mol. The molecule has 1 atom stereocenters. The van der Waals surface area contributed by atoms with Gasteiger partial charge in [0.2, 0.25) is 0 Å². The fourth-order valence-electron chi connectivity index (χ4n) is 3.83. The topological polar surface area (TPSA) is 103 Å². The van der Waals surface area contributed by atoms with E-state index in [1.54, 1.807) is 22.9 Å².